The van der Waals surface area contributed by atoms with Crippen molar-refractivity contribution >= 4 is 23.6 Å². The van der Waals surface area contributed by atoms with Gasteiger partial charge in [0.2, 0.25) is 23.6 Å². The van der Waals surface area contributed by atoms with Crippen molar-refractivity contribution in [1.29, 1.82) is 0 Å². The Bertz CT molecular complexity index is 1010. The first-order valence-electron chi connectivity index (χ1n) is 11.9. The van der Waals surface area contributed by atoms with Gasteiger partial charge in [0.1, 0.15) is 23.9 Å². The van der Waals surface area contributed by atoms with Crippen LogP contribution in [-0.2, 0) is 32.0 Å². The van der Waals surface area contributed by atoms with Crippen LogP contribution in [0.25, 0.3) is 0 Å². The zero-order valence-corrected chi connectivity index (χ0v) is 20.4. The predicted molar refractivity (Wildman–Crippen MR) is 136 cm³/mol. The Balaban J connectivity index is 2.23. The molecule has 0 aliphatic rings. The van der Waals surface area contributed by atoms with Crippen molar-refractivity contribution in [2.24, 2.45) is 11.5 Å². The predicted octanol–water partition coefficient (Wildman–Crippen LogP) is 0.266. The third kappa shape index (κ3) is 9.75. The van der Waals surface area contributed by atoms with Crippen LogP contribution in [0.4, 0.5) is 0 Å². The van der Waals surface area contributed by atoms with E-state index in [1.807, 2.05) is 30.3 Å². The lowest BCUT2D eigenvalue weighted by molar-refractivity contribution is -0.133. The quantitative estimate of drug-likeness (QED) is 0.204. The summed E-state index contributed by atoms with van der Waals surface area (Å²) in [6.07, 6.45) is 1.90. The van der Waals surface area contributed by atoms with E-state index in [2.05, 4.69) is 16.0 Å². The second kappa shape index (κ2) is 14.5. The molecule has 0 aliphatic carbocycles. The molecule has 10 nitrogen and oxygen atoms in total. The van der Waals surface area contributed by atoms with E-state index in [-0.39, 0.29) is 24.5 Å². The van der Waals surface area contributed by atoms with Gasteiger partial charge in [0.25, 0.3) is 0 Å². The molecule has 0 bridgehead atoms. The zero-order valence-electron chi connectivity index (χ0n) is 20.4. The number of amides is 4. The highest BCUT2D eigenvalue weighted by molar-refractivity contribution is 5.94. The molecule has 2 rings (SSSR count). The van der Waals surface area contributed by atoms with Gasteiger partial charge in [-0.15, -0.1) is 0 Å². The van der Waals surface area contributed by atoms with E-state index in [0.717, 1.165) is 5.56 Å². The number of nitrogens with one attached hydrogen (secondary N) is 3. The van der Waals surface area contributed by atoms with Crippen molar-refractivity contribution < 1.29 is 24.3 Å². The molecule has 0 unspecified atom stereocenters. The van der Waals surface area contributed by atoms with Gasteiger partial charge in [0, 0.05) is 19.8 Å². The van der Waals surface area contributed by atoms with Gasteiger partial charge in [-0.25, -0.2) is 0 Å². The summed E-state index contributed by atoms with van der Waals surface area (Å²) in [5.41, 5.74) is 12.5. The third-order valence-corrected chi connectivity index (χ3v) is 5.59. The van der Waals surface area contributed by atoms with Crippen LogP contribution in [0.2, 0.25) is 0 Å². The minimum Gasteiger partial charge on any atom is -0.508 e. The van der Waals surface area contributed by atoms with Crippen molar-refractivity contribution in [2.45, 2.75) is 57.2 Å². The fraction of sp³-hybridized carbons (Fsp3) is 0.385. The maximum atomic E-state index is 13.2. The van der Waals surface area contributed by atoms with E-state index >= 15 is 0 Å². The Morgan fingerprint density at radius 3 is 1.83 bits per heavy atom. The van der Waals surface area contributed by atoms with Crippen LogP contribution in [0, 0.1) is 0 Å². The Morgan fingerprint density at radius 1 is 0.778 bits per heavy atom. The van der Waals surface area contributed by atoms with Gasteiger partial charge in [0.05, 0.1) is 0 Å². The molecule has 2 aromatic carbocycles. The van der Waals surface area contributed by atoms with Gasteiger partial charge in [-0.05, 0) is 49.1 Å². The first kappa shape index (κ1) is 28.3. The number of hydrogen-bond acceptors (Lipinski definition) is 6. The van der Waals surface area contributed by atoms with Crippen LogP contribution >= 0.6 is 0 Å². The van der Waals surface area contributed by atoms with Crippen molar-refractivity contribution in [3.8, 4) is 5.75 Å². The zero-order chi connectivity index (χ0) is 26.5. The lowest BCUT2D eigenvalue weighted by Crippen LogP contribution is -2.57. The van der Waals surface area contributed by atoms with E-state index in [9.17, 15) is 24.3 Å². The first-order chi connectivity index (χ1) is 17.2. The van der Waals surface area contributed by atoms with Crippen LogP contribution in [0.5, 0.6) is 5.75 Å². The van der Waals surface area contributed by atoms with Gasteiger partial charge in [-0.1, -0.05) is 42.5 Å². The van der Waals surface area contributed by atoms with Gasteiger partial charge in [-0.2, -0.15) is 0 Å². The Morgan fingerprint density at radius 2 is 1.31 bits per heavy atom. The smallest absolute Gasteiger partial charge is 0.243 e. The third-order valence-electron chi connectivity index (χ3n) is 5.59. The summed E-state index contributed by atoms with van der Waals surface area (Å²) in [4.78, 5) is 50.1. The lowest BCUT2D eigenvalue weighted by atomic mass is 10.0. The highest BCUT2D eigenvalue weighted by Crippen LogP contribution is 2.13. The number of phenolic OH excluding ortho intramolecular Hbond substituents is 1. The highest BCUT2D eigenvalue weighted by atomic mass is 16.3. The lowest BCUT2D eigenvalue weighted by Gasteiger charge is -2.25. The molecule has 2 aromatic rings. The van der Waals surface area contributed by atoms with Crippen LogP contribution in [-0.4, -0.2) is 53.4 Å². The number of carbonyl (C=O) groups excluding carboxylic acids is 4. The van der Waals surface area contributed by atoms with Crippen LogP contribution in [0.1, 0.15) is 37.3 Å². The average Bonchev–Trinajstić information content (AvgIpc) is 2.84. The van der Waals surface area contributed by atoms with E-state index in [0.29, 0.717) is 31.4 Å². The van der Waals surface area contributed by atoms with E-state index < -0.39 is 35.8 Å². The molecular formula is C26H35N5O5. The SMILES string of the molecule is CC(=O)N[C@@H](Cc1ccccc1)C(=O)N[C@@H](Cc1ccc(O)cc1)C(=O)N[C@@H](CCCCN)C(N)=O. The Hall–Kier alpha value is -3.92. The second-order valence-electron chi connectivity index (χ2n) is 8.62. The summed E-state index contributed by atoms with van der Waals surface area (Å²) in [6.45, 7) is 1.76. The van der Waals surface area contributed by atoms with Crippen molar-refractivity contribution in [3.05, 3.63) is 65.7 Å². The van der Waals surface area contributed by atoms with Crippen LogP contribution < -0.4 is 27.4 Å². The van der Waals surface area contributed by atoms with Crippen molar-refractivity contribution in [2.75, 3.05) is 6.54 Å². The number of hydrogen-bond donors (Lipinski definition) is 6. The molecule has 0 saturated carbocycles. The molecule has 36 heavy (non-hydrogen) atoms. The minimum atomic E-state index is -1.06. The molecule has 4 amide bonds. The highest BCUT2D eigenvalue weighted by Gasteiger charge is 2.29. The Kier molecular flexibility index (Phi) is 11.4. The standard InChI is InChI=1S/C26H35N5O5/c1-17(32)29-22(15-18-7-3-2-4-8-18)25(35)31-23(16-19-10-12-20(33)13-11-19)26(36)30-21(24(28)34)9-5-6-14-27/h2-4,7-8,10-13,21-23,33H,5-6,9,14-16,27H2,1H3,(H2,28,34)(H,29,32)(H,30,36)(H,31,35)/t21-,22-,23-/m0/s1. The maximum Gasteiger partial charge on any atom is 0.243 e. The van der Waals surface area contributed by atoms with Crippen LogP contribution in [0.3, 0.4) is 0 Å². The van der Waals surface area contributed by atoms with E-state index in [4.69, 9.17) is 11.5 Å². The summed E-state index contributed by atoms with van der Waals surface area (Å²) in [5, 5.41) is 17.6. The monoisotopic (exact) mass is 497 g/mol. The molecule has 0 aromatic heterocycles. The number of nitrogens with two attached hydrogens (primary N) is 2. The number of phenols is 1. The van der Waals surface area contributed by atoms with Gasteiger partial charge in [-0.3, -0.25) is 19.2 Å². The fourth-order valence-corrected chi connectivity index (χ4v) is 3.70. The summed E-state index contributed by atoms with van der Waals surface area (Å²) in [6, 6.07) is 12.5. The number of rotatable bonds is 14. The second-order valence-corrected chi connectivity index (χ2v) is 8.62. The molecule has 0 heterocycles. The first-order valence-corrected chi connectivity index (χ1v) is 11.9. The van der Waals surface area contributed by atoms with Crippen molar-refractivity contribution in [3.63, 3.8) is 0 Å². The molecular weight excluding hydrogens is 462 g/mol. The largest absolute Gasteiger partial charge is 0.508 e. The molecule has 194 valence electrons. The summed E-state index contributed by atoms with van der Waals surface area (Å²) >= 11 is 0. The number of unbranched alkanes of at least 4 members (excludes halogenated alkanes) is 1. The molecule has 0 fully saturated rings. The summed E-state index contributed by atoms with van der Waals surface area (Å²) < 4.78 is 0. The molecule has 0 radical (unpaired) electrons. The average molecular weight is 498 g/mol. The van der Waals surface area contributed by atoms with Crippen molar-refractivity contribution in [1.82, 2.24) is 16.0 Å². The minimum absolute atomic E-state index is 0.0612. The van der Waals surface area contributed by atoms with Crippen LogP contribution in [0.15, 0.2) is 54.6 Å². The maximum absolute atomic E-state index is 13.2. The normalized spacial score (nSPS) is 13.2. The number of carbonyl (C=O) groups is 4. The number of primary amides is 1. The van der Waals surface area contributed by atoms with E-state index in [1.165, 1.54) is 19.1 Å². The summed E-state index contributed by atoms with van der Waals surface area (Å²) in [5.74, 6) is -2.15. The van der Waals surface area contributed by atoms with Gasteiger partial charge < -0.3 is 32.5 Å². The van der Waals surface area contributed by atoms with E-state index in [1.54, 1.807) is 12.1 Å². The molecule has 3 atom stereocenters. The van der Waals surface area contributed by atoms with Gasteiger partial charge in [0.15, 0.2) is 0 Å². The number of benzene rings is 2. The molecule has 0 saturated heterocycles. The molecule has 0 spiro atoms. The Labute approximate surface area is 210 Å². The summed E-state index contributed by atoms with van der Waals surface area (Å²) in [7, 11) is 0. The fourth-order valence-electron chi connectivity index (χ4n) is 3.70. The molecule has 10 heteroatoms. The molecule has 0 aliphatic heterocycles. The topological polar surface area (TPSA) is 177 Å². The van der Waals surface area contributed by atoms with Gasteiger partial charge >= 0.3 is 0 Å². The molecule has 8 N–H and O–H groups in total. The number of aromatic hydroxyl groups is 1.